The van der Waals surface area contributed by atoms with Gasteiger partial charge in [-0.3, -0.25) is 14.9 Å². The summed E-state index contributed by atoms with van der Waals surface area (Å²) in [4.78, 5) is 22.7. The number of hydrogen-bond donors (Lipinski definition) is 1. The minimum absolute atomic E-state index is 0.0293. The highest BCUT2D eigenvalue weighted by molar-refractivity contribution is 5.79. The molecule has 22 heavy (non-hydrogen) atoms. The molecule has 5 aliphatic rings. The Bertz CT molecular complexity index is 570. The van der Waals surface area contributed by atoms with E-state index in [-0.39, 0.29) is 17.5 Å². The van der Waals surface area contributed by atoms with Crippen LogP contribution in [-0.2, 0) is 4.79 Å². The van der Waals surface area contributed by atoms with Crippen molar-refractivity contribution >= 4 is 5.97 Å². The van der Waals surface area contributed by atoms with Gasteiger partial charge in [-0.25, -0.2) is 0 Å². The zero-order valence-corrected chi connectivity index (χ0v) is 12.5. The van der Waals surface area contributed by atoms with Crippen LogP contribution in [0.5, 0.6) is 0 Å². The predicted molar refractivity (Wildman–Crippen MR) is 79.5 cm³/mol. The summed E-state index contributed by atoms with van der Waals surface area (Å²) in [5.41, 5.74) is -1.10. The standard InChI is InChI=1S/C17H21NO4/c19-15(20)17(3-1-14(2-4-17)18(21)22)16-8-11-5-12(9-16)7-13(6-11)10-16/h1-3,11-13H,4-10H2,(H,19,20). The van der Waals surface area contributed by atoms with Crippen molar-refractivity contribution in [3.63, 3.8) is 0 Å². The van der Waals surface area contributed by atoms with E-state index >= 15 is 0 Å². The number of aliphatic carboxylic acids is 1. The predicted octanol–water partition coefficient (Wildman–Crippen LogP) is 3.39. The van der Waals surface area contributed by atoms with Gasteiger partial charge in [0.05, 0.1) is 10.3 Å². The minimum atomic E-state index is -0.942. The Labute approximate surface area is 129 Å². The molecule has 0 radical (unpaired) electrons. The van der Waals surface area contributed by atoms with Gasteiger partial charge in [0, 0.05) is 6.08 Å². The maximum atomic E-state index is 12.2. The smallest absolute Gasteiger partial charge is 0.314 e. The number of carbonyl (C=O) groups is 1. The van der Waals surface area contributed by atoms with Crippen LogP contribution in [-0.4, -0.2) is 16.0 Å². The lowest BCUT2D eigenvalue weighted by Crippen LogP contribution is -2.57. The van der Waals surface area contributed by atoms with Crippen molar-refractivity contribution in [3.05, 3.63) is 34.0 Å². The molecule has 1 N–H and O–H groups in total. The molecule has 0 amide bonds. The van der Waals surface area contributed by atoms with Crippen molar-refractivity contribution in [2.75, 3.05) is 0 Å². The molecular formula is C17H21NO4. The molecule has 0 heterocycles. The topological polar surface area (TPSA) is 80.4 Å². The molecule has 5 nitrogen and oxygen atoms in total. The first-order chi connectivity index (χ1) is 10.4. The summed E-state index contributed by atoms with van der Waals surface area (Å²) in [5, 5.41) is 20.9. The van der Waals surface area contributed by atoms with Crippen LogP contribution in [0, 0.1) is 38.7 Å². The highest BCUT2D eigenvalue weighted by atomic mass is 16.6. The van der Waals surface area contributed by atoms with Crippen LogP contribution in [0.25, 0.3) is 0 Å². The van der Waals surface area contributed by atoms with Crippen molar-refractivity contribution in [2.24, 2.45) is 28.6 Å². The number of carboxylic acid groups (broad SMARTS) is 1. The fourth-order valence-corrected chi connectivity index (χ4v) is 6.20. The minimum Gasteiger partial charge on any atom is -0.481 e. The van der Waals surface area contributed by atoms with Gasteiger partial charge >= 0.3 is 5.97 Å². The second-order valence-corrected chi connectivity index (χ2v) is 7.90. The summed E-state index contributed by atoms with van der Waals surface area (Å²) in [7, 11) is 0. The van der Waals surface area contributed by atoms with Gasteiger partial charge < -0.3 is 5.11 Å². The van der Waals surface area contributed by atoms with Crippen LogP contribution in [0.3, 0.4) is 0 Å². The van der Waals surface area contributed by atoms with Crippen LogP contribution >= 0.6 is 0 Å². The number of allylic oxidation sites excluding steroid dienone is 2. The van der Waals surface area contributed by atoms with Gasteiger partial charge in [-0.1, -0.05) is 6.08 Å². The molecule has 0 aliphatic heterocycles. The van der Waals surface area contributed by atoms with Gasteiger partial charge in [-0.2, -0.15) is 0 Å². The number of rotatable bonds is 3. The average molecular weight is 303 g/mol. The van der Waals surface area contributed by atoms with E-state index in [2.05, 4.69) is 0 Å². The van der Waals surface area contributed by atoms with Gasteiger partial charge in [0.25, 0.3) is 5.70 Å². The van der Waals surface area contributed by atoms with Crippen molar-refractivity contribution in [3.8, 4) is 0 Å². The summed E-state index contributed by atoms with van der Waals surface area (Å²) in [6.45, 7) is 0. The highest BCUT2D eigenvalue weighted by Crippen LogP contribution is 2.67. The van der Waals surface area contributed by atoms with Crippen LogP contribution in [0.1, 0.15) is 44.9 Å². The number of hydrogen-bond acceptors (Lipinski definition) is 3. The van der Waals surface area contributed by atoms with E-state index in [1.165, 1.54) is 31.4 Å². The maximum Gasteiger partial charge on any atom is 0.314 e. The first-order valence-corrected chi connectivity index (χ1v) is 8.21. The third kappa shape index (κ3) is 1.74. The lowest BCUT2D eigenvalue weighted by Gasteiger charge is -2.62. The summed E-state index contributed by atoms with van der Waals surface area (Å²) in [6, 6.07) is 0. The van der Waals surface area contributed by atoms with Gasteiger partial charge in [-0.15, -0.1) is 0 Å². The van der Waals surface area contributed by atoms with E-state index in [9.17, 15) is 20.0 Å². The summed E-state index contributed by atoms with van der Waals surface area (Å²) < 4.78 is 0. The zero-order valence-electron chi connectivity index (χ0n) is 12.5. The van der Waals surface area contributed by atoms with E-state index in [0.717, 1.165) is 19.3 Å². The molecule has 118 valence electrons. The van der Waals surface area contributed by atoms with E-state index in [4.69, 9.17) is 0 Å². The second kappa shape index (κ2) is 4.43. The fourth-order valence-electron chi connectivity index (χ4n) is 6.20. The van der Waals surface area contributed by atoms with Crippen molar-refractivity contribution in [1.29, 1.82) is 0 Å². The number of nitro groups is 1. The lowest BCUT2D eigenvalue weighted by molar-refractivity contribution is -0.419. The molecule has 1 unspecified atom stereocenters. The molecule has 0 aromatic rings. The van der Waals surface area contributed by atoms with Crippen LogP contribution in [0.4, 0.5) is 0 Å². The molecule has 0 spiro atoms. The normalized spacial score (nSPS) is 45.6. The molecule has 4 bridgehead atoms. The summed E-state index contributed by atoms with van der Waals surface area (Å²) in [6.07, 6.45) is 11.6. The zero-order chi connectivity index (χ0) is 15.5. The van der Waals surface area contributed by atoms with Crippen LogP contribution < -0.4 is 0 Å². The number of carboxylic acids is 1. The van der Waals surface area contributed by atoms with Crippen LogP contribution in [0.15, 0.2) is 23.9 Å². The fraction of sp³-hybridized carbons (Fsp3) is 0.706. The third-order valence-electron chi connectivity index (χ3n) is 6.75. The van der Waals surface area contributed by atoms with Crippen molar-refractivity contribution in [2.45, 2.75) is 44.9 Å². The Balaban J connectivity index is 1.74. The van der Waals surface area contributed by atoms with E-state index in [1.54, 1.807) is 6.08 Å². The monoisotopic (exact) mass is 303 g/mol. The van der Waals surface area contributed by atoms with Gasteiger partial charge in [0.15, 0.2) is 0 Å². The first-order valence-electron chi connectivity index (χ1n) is 8.21. The largest absolute Gasteiger partial charge is 0.481 e. The third-order valence-corrected chi connectivity index (χ3v) is 6.75. The molecule has 0 aromatic heterocycles. The van der Waals surface area contributed by atoms with E-state index in [0.29, 0.717) is 17.8 Å². The quantitative estimate of drug-likeness (QED) is 0.640. The van der Waals surface area contributed by atoms with Gasteiger partial charge in [0.1, 0.15) is 0 Å². The molecule has 5 rings (SSSR count). The van der Waals surface area contributed by atoms with Crippen LogP contribution in [0.2, 0.25) is 0 Å². The Hall–Kier alpha value is -1.65. The molecule has 5 aliphatic carbocycles. The second-order valence-electron chi connectivity index (χ2n) is 7.90. The number of nitrogens with zero attached hydrogens (tertiary/aromatic N) is 1. The Morgan fingerprint density at radius 2 is 1.73 bits per heavy atom. The molecule has 5 heteroatoms. The van der Waals surface area contributed by atoms with Crippen molar-refractivity contribution < 1.29 is 14.8 Å². The molecule has 4 saturated carbocycles. The molecule has 0 aromatic carbocycles. The molecule has 0 saturated heterocycles. The lowest BCUT2D eigenvalue weighted by atomic mass is 9.41. The van der Waals surface area contributed by atoms with E-state index in [1.807, 2.05) is 0 Å². The highest BCUT2D eigenvalue weighted by Gasteiger charge is 2.62. The average Bonchev–Trinajstić information content (AvgIpc) is 2.45. The molecule has 1 atom stereocenters. The Kier molecular flexibility index (Phi) is 2.81. The van der Waals surface area contributed by atoms with E-state index < -0.39 is 16.3 Å². The Morgan fingerprint density at radius 3 is 2.09 bits per heavy atom. The SMILES string of the molecule is O=C(O)C1(C23CC4CC(CC(C4)C2)C3)C=CC([N+](=O)[O-])=CC1. The van der Waals surface area contributed by atoms with Gasteiger partial charge in [0.2, 0.25) is 0 Å². The maximum absolute atomic E-state index is 12.2. The first kappa shape index (κ1) is 14.0. The summed E-state index contributed by atoms with van der Waals surface area (Å²) in [5.74, 6) is 1.19. The molecular weight excluding hydrogens is 282 g/mol. The molecule has 4 fully saturated rings. The summed E-state index contributed by atoms with van der Waals surface area (Å²) >= 11 is 0. The van der Waals surface area contributed by atoms with Gasteiger partial charge in [-0.05, 0) is 74.2 Å². The van der Waals surface area contributed by atoms with Crippen molar-refractivity contribution in [1.82, 2.24) is 0 Å². The Morgan fingerprint density at radius 1 is 1.18 bits per heavy atom.